The molecule has 0 aliphatic carbocycles. The third kappa shape index (κ3) is 3.20. The number of hydrogen-bond acceptors (Lipinski definition) is 3. The van der Waals surface area contributed by atoms with Crippen LogP contribution in [0.5, 0.6) is 0 Å². The monoisotopic (exact) mass is 286 g/mol. The lowest BCUT2D eigenvalue weighted by atomic mass is 10.1. The van der Waals surface area contributed by atoms with Crippen LogP contribution in [0.25, 0.3) is 0 Å². The summed E-state index contributed by atoms with van der Waals surface area (Å²) in [6.45, 7) is 5.74. The van der Waals surface area contributed by atoms with Crippen LogP contribution in [0, 0.1) is 0 Å². The standard InChI is InChI=1S/C12H19BrN2O/c1-3-15(6-7-16)10-4-5-11(9(2)14)12(13)8-10/h4-5,8-9,16H,3,6-7,14H2,1-2H3. The molecular formula is C12H19BrN2O. The number of aliphatic hydroxyl groups is 1. The summed E-state index contributed by atoms with van der Waals surface area (Å²) in [5.74, 6) is 0. The first-order chi connectivity index (χ1) is 7.60. The first kappa shape index (κ1) is 13.5. The van der Waals surface area contributed by atoms with E-state index < -0.39 is 0 Å². The number of aliphatic hydroxyl groups excluding tert-OH is 1. The zero-order valence-corrected chi connectivity index (χ0v) is 11.4. The normalized spacial score (nSPS) is 12.6. The molecule has 90 valence electrons. The summed E-state index contributed by atoms with van der Waals surface area (Å²) in [6.07, 6.45) is 0. The zero-order valence-electron chi connectivity index (χ0n) is 9.78. The summed E-state index contributed by atoms with van der Waals surface area (Å²) < 4.78 is 1.02. The van der Waals surface area contributed by atoms with Crippen LogP contribution in [0.2, 0.25) is 0 Å². The van der Waals surface area contributed by atoms with Gasteiger partial charge >= 0.3 is 0 Å². The van der Waals surface area contributed by atoms with Crippen molar-refractivity contribution in [1.29, 1.82) is 0 Å². The second-order valence-corrected chi connectivity index (χ2v) is 4.65. The third-order valence-electron chi connectivity index (χ3n) is 2.59. The lowest BCUT2D eigenvalue weighted by Crippen LogP contribution is -2.26. The third-order valence-corrected chi connectivity index (χ3v) is 3.28. The predicted octanol–water partition coefficient (Wildman–Crippen LogP) is 2.29. The molecule has 1 aromatic rings. The van der Waals surface area contributed by atoms with Gasteiger partial charge in [0, 0.05) is 29.3 Å². The summed E-state index contributed by atoms with van der Waals surface area (Å²) in [7, 11) is 0. The molecule has 1 unspecified atom stereocenters. The van der Waals surface area contributed by atoms with Gasteiger partial charge in [0.1, 0.15) is 0 Å². The fourth-order valence-corrected chi connectivity index (χ4v) is 2.40. The van der Waals surface area contributed by atoms with Gasteiger partial charge in [0.2, 0.25) is 0 Å². The molecule has 0 fully saturated rings. The van der Waals surface area contributed by atoms with Crippen molar-refractivity contribution in [2.75, 3.05) is 24.6 Å². The van der Waals surface area contributed by atoms with Crippen LogP contribution in [-0.2, 0) is 0 Å². The minimum atomic E-state index is 0.0244. The van der Waals surface area contributed by atoms with Gasteiger partial charge in [-0.2, -0.15) is 0 Å². The van der Waals surface area contributed by atoms with E-state index in [0.29, 0.717) is 6.54 Å². The van der Waals surface area contributed by atoms with Gasteiger partial charge in [0.15, 0.2) is 0 Å². The second-order valence-electron chi connectivity index (χ2n) is 3.80. The molecule has 0 aromatic heterocycles. The van der Waals surface area contributed by atoms with E-state index in [2.05, 4.69) is 33.8 Å². The quantitative estimate of drug-likeness (QED) is 0.873. The molecule has 1 atom stereocenters. The predicted molar refractivity (Wildman–Crippen MR) is 71.7 cm³/mol. The van der Waals surface area contributed by atoms with E-state index in [0.717, 1.165) is 22.3 Å². The number of benzene rings is 1. The smallest absolute Gasteiger partial charge is 0.0606 e. The Bertz CT molecular complexity index is 342. The molecule has 0 spiro atoms. The largest absolute Gasteiger partial charge is 0.395 e. The lowest BCUT2D eigenvalue weighted by molar-refractivity contribution is 0.302. The van der Waals surface area contributed by atoms with Gasteiger partial charge in [-0.15, -0.1) is 0 Å². The molecule has 0 aliphatic rings. The van der Waals surface area contributed by atoms with E-state index in [4.69, 9.17) is 10.8 Å². The van der Waals surface area contributed by atoms with Crippen molar-refractivity contribution >= 4 is 21.6 Å². The van der Waals surface area contributed by atoms with Gasteiger partial charge < -0.3 is 15.7 Å². The van der Waals surface area contributed by atoms with Gasteiger partial charge in [-0.25, -0.2) is 0 Å². The number of hydrogen-bond donors (Lipinski definition) is 2. The second kappa shape index (κ2) is 6.23. The number of halogens is 1. The molecule has 1 aromatic carbocycles. The average molecular weight is 287 g/mol. The van der Waals surface area contributed by atoms with Crippen molar-refractivity contribution in [3.8, 4) is 0 Å². The SMILES string of the molecule is CCN(CCO)c1ccc(C(C)N)c(Br)c1. The van der Waals surface area contributed by atoms with Crippen LogP contribution in [0.4, 0.5) is 5.69 Å². The molecule has 0 heterocycles. The van der Waals surface area contributed by atoms with Crippen LogP contribution in [0.1, 0.15) is 25.5 Å². The minimum absolute atomic E-state index is 0.0244. The number of anilines is 1. The Morgan fingerprint density at radius 3 is 2.62 bits per heavy atom. The Hall–Kier alpha value is -0.580. The van der Waals surface area contributed by atoms with Crippen molar-refractivity contribution < 1.29 is 5.11 Å². The highest BCUT2D eigenvalue weighted by molar-refractivity contribution is 9.10. The Morgan fingerprint density at radius 1 is 1.50 bits per heavy atom. The molecule has 3 nitrogen and oxygen atoms in total. The van der Waals surface area contributed by atoms with Crippen LogP contribution >= 0.6 is 15.9 Å². The maximum atomic E-state index is 8.97. The Kier molecular flexibility index (Phi) is 5.25. The molecule has 0 bridgehead atoms. The van der Waals surface area contributed by atoms with Gasteiger partial charge in [0.05, 0.1) is 6.61 Å². The lowest BCUT2D eigenvalue weighted by Gasteiger charge is -2.23. The number of likely N-dealkylation sites (N-methyl/N-ethyl adjacent to an activating group) is 1. The van der Waals surface area contributed by atoms with Crippen molar-refractivity contribution in [2.45, 2.75) is 19.9 Å². The Balaban J connectivity index is 2.95. The zero-order chi connectivity index (χ0) is 12.1. The first-order valence-corrected chi connectivity index (χ1v) is 6.30. The van der Waals surface area contributed by atoms with Gasteiger partial charge in [0.25, 0.3) is 0 Å². The molecule has 0 saturated heterocycles. The summed E-state index contributed by atoms with van der Waals surface area (Å²) in [6, 6.07) is 6.15. The van der Waals surface area contributed by atoms with E-state index in [1.807, 2.05) is 19.1 Å². The highest BCUT2D eigenvalue weighted by atomic mass is 79.9. The molecule has 3 N–H and O–H groups in total. The maximum absolute atomic E-state index is 8.97. The van der Waals surface area contributed by atoms with Crippen LogP contribution in [-0.4, -0.2) is 24.8 Å². The Morgan fingerprint density at radius 2 is 2.19 bits per heavy atom. The highest BCUT2D eigenvalue weighted by Gasteiger charge is 2.08. The fourth-order valence-electron chi connectivity index (χ4n) is 1.67. The van der Waals surface area contributed by atoms with Crippen molar-refractivity contribution in [3.63, 3.8) is 0 Å². The van der Waals surface area contributed by atoms with E-state index in [9.17, 15) is 0 Å². The first-order valence-electron chi connectivity index (χ1n) is 5.51. The van der Waals surface area contributed by atoms with Crippen LogP contribution in [0.3, 0.4) is 0 Å². The maximum Gasteiger partial charge on any atom is 0.0606 e. The summed E-state index contributed by atoms with van der Waals surface area (Å²) in [5, 5.41) is 8.97. The molecular weight excluding hydrogens is 268 g/mol. The van der Waals surface area contributed by atoms with Crippen molar-refractivity contribution in [1.82, 2.24) is 0 Å². The molecule has 0 saturated carbocycles. The molecule has 0 aliphatic heterocycles. The van der Waals surface area contributed by atoms with E-state index in [1.54, 1.807) is 0 Å². The van der Waals surface area contributed by atoms with Crippen LogP contribution in [0.15, 0.2) is 22.7 Å². The molecule has 4 heteroatoms. The highest BCUT2D eigenvalue weighted by Crippen LogP contribution is 2.27. The minimum Gasteiger partial charge on any atom is -0.395 e. The topological polar surface area (TPSA) is 49.5 Å². The van der Waals surface area contributed by atoms with Gasteiger partial charge in [-0.05, 0) is 31.5 Å². The molecule has 1 rings (SSSR count). The number of nitrogens with zero attached hydrogens (tertiary/aromatic N) is 1. The van der Waals surface area contributed by atoms with E-state index in [-0.39, 0.29) is 12.6 Å². The van der Waals surface area contributed by atoms with E-state index in [1.165, 1.54) is 0 Å². The summed E-state index contributed by atoms with van der Waals surface area (Å²) in [4.78, 5) is 2.12. The number of nitrogens with two attached hydrogens (primary N) is 1. The van der Waals surface area contributed by atoms with Gasteiger partial charge in [-0.1, -0.05) is 22.0 Å². The van der Waals surface area contributed by atoms with Crippen LogP contribution < -0.4 is 10.6 Å². The summed E-state index contributed by atoms with van der Waals surface area (Å²) >= 11 is 3.53. The van der Waals surface area contributed by atoms with Crippen molar-refractivity contribution in [2.24, 2.45) is 5.73 Å². The average Bonchev–Trinajstić information content (AvgIpc) is 2.25. The van der Waals surface area contributed by atoms with E-state index >= 15 is 0 Å². The van der Waals surface area contributed by atoms with Crippen molar-refractivity contribution in [3.05, 3.63) is 28.2 Å². The summed E-state index contributed by atoms with van der Waals surface area (Å²) in [5.41, 5.74) is 8.05. The number of rotatable bonds is 5. The molecule has 0 radical (unpaired) electrons. The fraction of sp³-hybridized carbons (Fsp3) is 0.500. The Labute approximate surface area is 105 Å². The van der Waals surface area contributed by atoms with Gasteiger partial charge in [-0.3, -0.25) is 0 Å². The molecule has 0 amide bonds. The molecule has 16 heavy (non-hydrogen) atoms.